The summed E-state index contributed by atoms with van der Waals surface area (Å²) in [6.45, 7) is 6.24. The van der Waals surface area contributed by atoms with Crippen molar-refractivity contribution in [2.75, 3.05) is 10.6 Å². The Hall–Kier alpha value is -2.66. The summed E-state index contributed by atoms with van der Waals surface area (Å²) in [5.74, 6) is 1.27. The Morgan fingerprint density at radius 3 is 2.58 bits per heavy atom. The van der Waals surface area contributed by atoms with Crippen molar-refractivity contribution in [2.45, 2.75) is 33.2 Å². The van der Waals surface area contributed by atoms with Crippen LogP contribution in [0.15, 0.2) is 48.8 Å². The van der Waals surface area contributed by atoms with Crippen LogP contribution in [0.1, 0.15) is 25.8 Å². The molecule has 0 spiro atoms. The number of aromatic nitrogens is 3. The molecule has 134 valence electrons. The summed E-state index contributed by atoms with van der Waals surface area (Å²) in [6, 6.07) is 11.9. The predicted octanol–water partition coefficient (Wildman–Crippen LogP) is 5.45. The van der Waals surface area contributed by atoms with Crippen molar-refractivity contribution < 1.29 is 0 Å². The second-order valence-electron chi connectivity index (χ2n) is 6.21. The third-order valence-corrected chi connectivity index (χ3v) is 4.48. The predicted molar refractivity (Wildman–Crippen MR) is 108 cm³/mol. The van der Waals surface area contributed by atoms with Crippen LogP contribution >= 0.6 is 11.6 Å². The number of hydrogen-bond donors (Lipinski definition) is 2. The molecule has 3 aromatic rings. The van der Waals surface area contributed by atoms with E-state index in [2.05, 4.69) is 39.4 Å². The van der Waals surface area contributed by atoms with Crippen LogP contribution in [-0.4, -0.2) is 21.0 Å². The highest BCUT2D eigenvalue weighted by molar-refractivity contribution is 6.33. The molecule has 0 aliphatic rings. The Balaban J connectivity index is 2.02. The van der Waals surface area contributed by atoms with Gasteiger partial charge < -0.3 is 10.6 Å². The van der Waals surface area contributed by atoms with Crippen LogP contribution in [0, 0.1) is 6.92 Å². The van der Waals surface area contributed by atoms with Crippen LogP contribution in [-0.2, 0) is 0 Å². The average Bonchev–Trinajstić information content (AvgIpc) is 2.65. The number of rotatable bonds is 6. The van der Waals surface area contributed by atoms with Crippen molar-refractivity contribution in [1.29, 1.82) is 0 Å². The van der Waals surface area contributed by atoms with E-state index in [0.717, 1.165) is 28.9 Å². The van der Waals surface area contributed by atoms with Gasteiger partial charge in [-0.2, -0.15) is 4.98 Å². The third-order valence-electron chi connectivity index (χ3n) is 4.17. The minimum Gasteiger partial charge on any atom is -0.352 e. The molecule has 3 rings (SSSR count). The molecule has 2 N–H and O–H groups in total. The van der Waals surface area contributed by atoms with E-state index in [0.29, 0.717) is 16.8 Å². The molecule has 0 radical (unpaired) electrons. The summed E-state index contributed by atoms with van der Waals surface area (Å²) in [5.41, 5.74) is 3.70. The Morgan fingerprint density at radius 1 is 1.12 bits per heavy atom. The highest BCUT2D eigenvalue weighted by Crippen LogP contribution is 2.30. The maximum absolute atomic E-state index is 6.35. The molecule has 1 aromatic carbocycles. The zero-order valence-corrected chi connectivity index (χ0v) is 15.9. The van der Waals surface area contributed by atoms with Gasteiger partial charge in [-0.25, -0.2) is 4.98 Å². The van der Waals surface area contributed by atoms with Crippen LogP contribution in [0.2, 0.25) is 5.02 Å². The number of nitrogens with one attached hydrogen (secondary N) is 2. The summed E-state index contributed by atoms with van der Waals surface area (Å²) in [4.78, 5) is 13.3. The Labute approximate surface area is 158 Å². The fourth-order valence-electron chi connectivity index (χ4n) is 2.49. The lowest BCUT2D eigenvalue weighted by Gasteiger charge is -2.16. The minimum atomic E-state index is 0.276. The van der Waals surface area contributed by atoms with E-state index in [9.17, 15) is 0 Å². The number of para-hydroxylation sites is 1. The SMILES string of the molecule is CC[C@H](C)Nc1nc(Nc2c(C)cccc2Cl)cc(-c2ccncc2)n1. The molecule has 2 heterocycles. The molecule has 0 saturated heterocycles. The minimum absolute atomic E-state index is 0.276. The van der Waals surface area contributed by atoms with Crippen LogP contribution in [0.4, 0.5) is 17.5 Å². The van der Waals surface area contributed by atoms with Crippen LogP contribution in [0.3, 0.4) is 0 Å². The molecular weight excluding hydrogens is 346 g/mol. The second-order valence-corrected chi connectivity index (χ2v) is 6.62. The van der Waals surface area contributed by atoms with E-state index < -0.39 is 0 Å². The molecule has 0 bridgehead atoms. The summed E-state index contributed by atoms with van der Waals surface area (Å²) >= 11 is 6.35. The molecule has 2 aromatic heterocycles. The van der Waals surface area contributed by atoms with Crippen LogP contribution in [0.25, 0.3) is 11.3 Å². The summed E-state index contributed by atoms with van der Waals surface area (Å²) in [5, 5.41) is 7.35. The van der Waals surface area contributed by atoms with Gasteiger partial charge in [0.1, 0.15) is 5.82 Å². The molecular formula is C20H22ClN5. The lowest BCUT2D eigenvalue weighted by Crippen LogP contribution is -2.16. The van der Waals surface area contributed by atoms with E-state index in [4.69, 9.17) is 11.6 Å². The number of anilines is 3. The van der Waals surface area contributed by atoms with E-state index in [1.54, 1.807) is 12.4 Å². The van der Waals surface area contributed by atoms with E-state index in [1.807, 2.05) is 43.3 Å². The normalized spacial score (nSPS) is 11.8. The fraction of sp³-hybridized carbons (Fsp3) is 0.250. The first-order valence-corrected chi connectivity index (χ1v) is 9.02. The van der Waals surface area contributed by atoms with Gasteiger partial charge in [0.15, 0.2) is 0 Å². The molecule has 0 aliphatic carbocycles. The lowest BCUT2D eigenvalue weighted by molar-refractivity contribution is 0.753. The second kappa shape index (κ2) is 8.15. The van der Waals surface area contributed by atoms with Gasteiger partial charge in [0, 0.05) is 30.1 Å². The first kappa shape index (κ1) is 18.1. The van der Waals surface area contributed by atoms with Gasteiger partial charge in [0.25, 0.3) is 0 Å². The molecule has 26 heavy (non-hydrogen) atoms. The molecule has 0 amide bonds. The van der Waals surface area contributed by atoms with Gasteiger partial charge in [0.2, 0.25) is 5.95 Å². The van der Waals surface area contributed by atoms with Crippen LogP contribution in [0.5, 0.6) is 0 Å². The molecule has 6 heteroatoms. The topological polar surface area (TPSA) is 62.7 Å². The Kier molecular flexibility index (Phi) is 5.68. The summed E-state index contributed by atoms with van der Waals surface area (Å²) < 4.78 is 0. The molecule has 0 aliphatic heterocycles. The van der Waals surface area contributed by atoms with Crippen molar-refractivity contribution in [3.05, 3.63) is 59.4 Å². The summed E-state index contributed by atoms with van der Waals surface area (Å²) in [7, 11) is 0. The smallest absolute Gasteiger partial charge is 0.225 e. The first-order chi connectivity index (χ1) is 12.6. The highest BCUT2D eigenvalue weighted by atomic mass is 35.5. The number of pyridine rings is 1. The first-order valence-electron chi connectivity index (χ1n) is 8.65. The molecule has 5 nitrogen and oxygen atoms in total. The van der Waals surface area contributed by atoms with Gasteiger partial charge >= 0.3 is 0 Å². The Morgan fingerprint density at radius 2 is 1.88 bits per heavy atom. The number of hydrogen-bond acceptors (Lipinski definition) is 5. The van der Waals surface area contributed by atoms with Crippen molar-refractivity contribution >= 4 is 29.1 Å². The molecule has 1 atom stereocenters. The van der Waals surface area contributed by atoms with Crippen LogP contribution < -0.4 is 10.6 Å². The number of benzene rings is 1. The maximum Gasteiger partial charge on any atom is 0.225 e. The monoisotopic (exact) mass is 367 g/mol. The number of halogens is 1. The van der Waals surface area contributed by atoms with Gasteiger partial charge in [-0.3, -0.25) is 4.98 Å². The lowest BCUT2D eigenvalue weighted by atomic mass is 10.2. The molecule has 0 saturated carbocycles. The third kappa shape index (κ3) is 4.29. The van der Waals surface area contributed by atoms with Crippen molar-refractivity contribution in [2.24, 2.45) is 0 Å². The van der Waals surface area contributed by atoms with Gasteiger partial charge in [-0.05, 0) is 44.0 Å². The van der Waals surface area contributed by atoms with E-state index >= 15 is 0 Å². The van der Waals surface area contributed by atoms with Crippen molar-refractivity contribution in [3.8, 4) is 11.3 Å². The van der Waals surface area contributed by atoms with Gasteiger partial charge in [-0.1, -0.05) is 30.7 Å². The van der Waals surface area contributed by atoms with Gasteiger partial charge in [-0.15, -0.1) is 0 Å². The van der Waals surface area contributed by atoms with Gasteiger partial charge in [0.05, 0.1) is 16.4 Å². The van der Waals surface area contributed by atoms with Crippen molar-refractivity contribution in [3.63, 3.8) is 0 Å². The van der Waals surface area contributed by atoms with Crippen molar-refractivity contribution in [1.82, 2.24) is 15.0 Å². The summed E-state index contributed by atoms with van der Waals surface area (Å²) in [6.07, 6.45) is 4.49. The van der Waals surface area contributed by atoms with E-state index in [-0.39, 0.29) is 6.04 Å². The molecule has 0 fully saturated rings. The maximum atomic E-state index is 6.35. The zero-order chi connectivity index (χ0) is 18.5. The molecule has 0 unspecified atom stereocenters. The highest BCUT2D eigenvalue weighted by Gasteiger charge is 2.11. The largest absolute Gasteiger partial charge is 0.352 e. The quantitative estimate of drug-likeness (QED) is 0.606. The number of aryl methyl sites for hydroxylation is 1. The average molecular weight is 368 g/mol. The Bertz CT molecular complexity index is 862. The standard InChI is InChI=1S/C20H22ClN5/c1-4-14(3)23-20-24-17(15-8-10-22-11-9-15)12-18(26-20)25-19-13(2)6-5-7-16(19)21/h5-12,14H,4H2,1-3H3,(H2,23,24,25,26)/t14-/m0/s1. The van der Waals surface area contributed by atoms with E-state index in [1.165, 1.54) is 0 Å². The number of nitrogens with zero attached hydrogens (tertiary/aromatic N) is 3. The zero-order valence-electron chi connectivity index (χ0n) is 15.1. The fourth-order valence-corrected chi connectivity index (χ4v) is 2.76.